The van der Waals surface area contributed by atoms with Gasteiger partial charge in [0.2, 0.25) is 0 Å². The van der Waals surface area contributed by atoms with Crippen molar-refractivity contribution in [2.45, 2.75) is 39.5 Å². The largest absolute Gasteiger partial charge is 0.692 e. The fraction of sp³-hybridized carbons (Fsp3) is 0.538. The van der Waals surface area contributed by atoms with Crippen LogP contribution in [0.25, 0.3) is 0 Å². The molecule has 18 heavy (non-hydrogen) atoms. The maximum Gasteiger partial charge on any atom is 0.692 e. The monoisotopic (exact) mass is 274 g/mol. The topological polar surface area (TPSA) is 83.6 Å². The second-order valence-corrected chi connectivity index (χ2v) is 4.26. The molecule has 1 rings (SSSR count). The zero-order chi connectivity index (χ0) is 14.2. The summed E-state index contributed by atoms with van der Waals surface area (Å²) in [6.07, 6.45) is 5.16. The van der Waals surface area contributed by atoms with E-state index in [1.807, 2.05) is 18.2 Å². The lowest BCUT2D eigenvalue weighted by Crippen LogP contribution is -1.97. The Morgan fingerprint density at radius 2 is 1.61 bits per heavy atom. The zero-order valence-corrected chi connectivity index (χ0v) is 12.1. The van der Waals surface area contributed by atoms with Crippen LogP contribution in [0.2, 0.25) is 0 Å². The van der Waals surface area contributed by atoms with Gasteiger partial charge in [-0.15, -0.1) is 9.79 Å². The molecule has 5 heteroatoms. The molecule has 0 aliphatic carbocycles. The van der Waals surface area contributed by atoms with Crippen LogP contribution in [0.15, 0.2) is 30.3 Å². The Bertz CT molecular complexity index is 273. The minimum atomic E-state index is -2.87. The van der Waals surface area contributed by atoms with Gasteiger partial charge in [0.1, 0.15) is 0 Å². The molecule has 0 bridgehead atoms. The number of nitrogens with two attached hydrogens (primary N) is 1. The average Bonchev–Trinajstić information content (AvgIpc) is 2.31. The van der Waals surface area contributed by atoms with E-state index >= 15 is 0 Å². The minimum Gasteiger partial charge on any atom is -0.330 e. The molecular formula is C13H25NO3P+. The van der Waals surface area contributed by atoms with Crippen LogP contribution in [0, 0.1) is 6.92 Å². The van der Waals surface area contributed by atoms with Gasteiger partial charge in [0, 0.05) is 4.57 Å². The molecule has 0 atom stereocenters. The maximum atomic E-state index is 8.70. The lowest BCUT2D eigenvalue weighted by Gasteiger charge is -1.90. The molecule has 4 N–H and O–H groups in total. The van der Waals surface area contributed by atoms with Crippen LogP contribution in [-0.4, -0.2) is 16.3 Å². The summed E-state index contributed by atoms with van der Waals surface area (Å²) in [6.45, 7) is 5.15. The third-order valence-corrected chi connectivity index (χ3v) is 2.00. The van der Waals surface area contributed by atoms with Gasteiger partial charge in [-0.25, -0.2) is 0 Å². The van der Waals surface area contributed by atoms with Crippen molar-refractivity contribution in [2.24, 2.45) is 5.73 Å². The van der Waals surface area contributed by atoms with Crippen molar-refractivity contribution >= 4 is 8.25 Å². The Morgan fingerprint density at radius 3 is 1.89 bits per heavy atom. The normalized spacial score (nSPS) is 8.50. The molecule has 4 nitrogen and oxygen atoms in total. The van der Waals surface area contributed by atoms with Crippen molar-refractivity contribution in [3.05, 3.63) is 35.9 Å². The van der Waals surface area contributed by atoms with Gasteiger partial charge in [-0.2, -0.15) is 0 Å². The molecule has 0 unspecified atom stereocenters. The molecule has 0 saturated heterocycles. The lowest BCUT2D eigenvalue weighted by atomic mass is 10.2. The van der Waals surface area contributed by atoms with Crippen LogP contribution < -0.4 is 5.73 Å². The Balaban J connectivity index is 0. The highest BCUT2D eigenvalue weighted by Gasteiger charge is 1.93. The van der Waals surface area contributed by atoms with Crippen LogP contribution in [0.5, 0.6) is 0 Å². The summed E-state index contributed by atoms with van der Waals surface area (Å²) in [6, 6.07) is 10.3. The standard InChI is InChI=1S/C7H8.C6H15N.HO3P/c1-7-5-3-2-4-6-7;1-2-3-4-5-6-7;1-4(2)3/h2-6H,1H3;2-7H2,1H3;(H-,1,2,3)/p+1. The van der Waals surface area contributed by atoms with Crippen molar-refractivity contribution < 1.29 is 14.4 Å². The SMILES string of the molecule is CCCCCCN.Cc1ccccc1.O=[P+](O)O. The third-order valence-electron chi connectivity index (χ3n) is 2.00. The smallest absolute Gasteiger partial charge is 0.330 e. The van der Waals surface area contributed by atoms with Crippen molar-refractivity contribution in [1.29, 1.82) is 0 Å². The van der Waals surface area contributed by atoms with Crippen LogP contribution in [0.1, 0.15) is 38.2 Å². The van der Waals surface area contributed by atoms with E-state index in [0.29, 0.717) is 0 Å². The second kappa shape index (κ2) is 16.2. The highest BCUT2D eigenvalue weighted by molar-refractivity contribution is 7.30. The van der Waals surface area contributed by atoms with Crippen molar-refractivity contribution in [1.82, 2.24) is 0 Å². The van der Waals surface area contributed by atoms with E-state index in [4.69, 9.17) is 20.1 Å². The predicted octanol–water partition coefficient (Wildman–Crippen LogP) is 3.15. The molecule has 0 spiro atoms. The number of unbranched alkanes of at least 4 members (excludes halogenated alkanes) is 3. The van der Waals surface area contributed by atoms with E-state index in [0.717, 1.165) is 6.54 Å². The summed E-state index contributed by atoms with van der Waals surface area (Å²) in [7, 11) is -2.87. The van der Waals surface area contributed by atoms with Crippen LogP contribution in [0.3, 0.4) is 0 Å². The predicted molar refractivity (Wildman–Crippen MR) is 76.4 cm³/mol. The van der Waals surface area contributed by atoms with E-state index in [1.54, 1.807) is 0 Å². The molecule has 1 aromatic carbocycles. The molecule has 0 aliphatic rings. The fourth-order valence-electron chi connectivity index (χ4n) is 1.11. The van der Waals surface area contributed by atoms with E-state index in [1.165, 1.54) is 31.2 Å². The summed E-state index contributed by atoms with van der Waals surface area (Å²) >= 11 is 0. The molecule has 0 radical (unpaired) electrons. The molecule has 0 aliphatic heterocycles. The highest BCUT2D eigenvalue weighted by atomic mass is 31.1. The molecule has 0 fully saturated rings. The average molecular weight is 274 g/mol. The van der Waals surface area contributed by atoms with Gasteiger partial charge in [-0.1, -0.05) is 62.1 Å². The Kier molecular flexibility index (Phi) is 17.6. The highest BCUT2D eigenvalue weighted by Crippen LogP contribution is 1.98. The zero-order valence-electron chi connectivity index (χ0n) is 11.2. The van der Waals surface area contributed by atoms with E-state index in [-0.39, 0.29) is 0 Å². The first kappa shape index (κ1) is 19.5. The maximum absolute atomic E-state index is 8.70. The Hall–Kier alpha value is -0.800. The first-order valence-electron chi connectivity index (χ1n) is 6.11. The number of hydrogen-bond donors (Lipinski definition) is 3. The molecule has 0 aromatic heterocycles. The lowest BCUT2D eigenvalue weighted by molar-refractivity contribution is 0.405. The first-order valence-corrected chi connectivity index (χ1v) is 7.27. The first-order chi connectivity index (χ1) is 8.54. The number of hydrogen-bond acceptors (Lipinski definition) is 2. The summed E-state index contributed by atoms with van der Waals surface area (Å²) in [5.41, 5.74) is 6.59. The number of rotatable bonds is 4. The van der Waals surface area contributed by atoms with Gasteiger partial charge in [-0.3, -0.25) is 0 Å². The fourth-order valence-corrected chi connectivity index (χ4v) is 1.11. The number of benzene rings is 1. The van der Waals surface area contributed by atoms with E-state index in [9.17, 15) is 0 Å². The Labute approximate surface area is 111 Å². The van der Waals surface area contributed by atoms with Crippen LogP contribution in [0.4, 0.5) is 0 Å². The molecule has 0 amide bonds. The summed E-state index contributed by atoms with van der Waals surface area (Å²) in [5.74, 6) is 0. The Morgan fingerprint density at radius 1 is 1.11 bits per heavy atom. The third kappa shape index (κ3) is 24.4. The van der Waals surface area contributed by atoms with Gasteiger partial charge < -0.3 is 5.73 Å². The second-order valence-electron chi connectivity index (χ2n) is 3.76. The van der Waals surface area contributed by atoms with Crippen LogP contribution >= 0.6 is 8.25 Å². The van der Waals surface area contributed by atoms with Gasteiger partial charge in [-0.05, 0) is 19.9 Å². The van der Waals surface area contributed by atoms with Crippen molar-refractivity contribution in [3.8, 4) is 0 Å². The van der Waals surface area contributed by atoms with Gasteiger partial charge in [0.05, 0.1) is 0 Å². The van der Waals surface area contributed by atoms with E-state index in [2.05, 4.69) is 26.0 Å². The minimum absolute atomic E-state index is 0.861. The molecule has 104 valence electrons. The van der Waals surface area contributed by atoms with Gasteiger partial charge in [0.15, 0.2) is 0 Å². The molecule has 1 aromatic rings. The quantitative estimate of drug-likeness (QED) is 0.581. The summed E-state index contributed by atoms with van der Waals surface area (Å²) in [5, 5.41) is 0. The van der Waals surface area contributed by atoms with Crippen molar-refractivity contribution in [3.63, 3.8) is 0 Å². The molecule has 0 saturated carbocycles. The molecule has 0 heterocycles. The molecular weight excluding hydrogens is 249 g/mol. The summed E-state index contributed by atoms with van der Waals surface area (Å²) < 4.78 is 8.70. The van der Waals surface area contributed by atoms with E-state index < -0.39 is 8.25 Å². The van der Waals surface area contributed by atoms with Crippen LogP contribution in [-0.2, 0) is 4.57 Å². The summed E-state index contributed by atoms with van der Waals surface area (Å²) in [4.78, 5) is 14.2. The van der Waals surface area contributed by atoms with Crippen molar-refractivity contribution in [2.75, 3.05) is 6.54 Å². The number of aryl methyl sites for hydroxylation is 1. The van der Waals surface area contributed by atoms with Gasteiger partial charge in [0.25, 0.3) is 0 Å². The van der Waals surface area contributed by atoms with Gasteiger partial charge >= 0.3 is 8.25 Å².